The molecule has 0 heterocycles. The molecule has 16 heavy (non-hydrogen) atoms. The largest absolute Gasteiger partial charge is 0.493 e. The van der Waals surface area contributed by atoms with Crippen LogP contribution in [0.15, 0.2) is 24.3 Å². The molecular weight excluding hydrogens is 198 g/mol. The highest BCUT2D eigenvalue weighted by Gasteiger charge is 2.16. The standard InChI is InChI=1S/C14H23NO/c1-4-5-12-6-8-13(9-7-12)16-11-14(2,3)10-15/h6-9H,4-5,10-11,15H2,1-3H3. The Balaban J connectivity index is 2.49. The van der Waals surface area contributed by atoms with Gasteiger partial charge in [-0.15, -0.1) is 0 Å². The van der Waals surface area contributed by atoms with Gasteiger partial charge in [-0.05, 0) is 24.1 Å². The minimum atomic E-state index is 0.0437. The summed E-state index contributed by atoms with van der Waals surface area (Å²) in [5.74, 6) is 0.932. The van der Waals surface area contributed by atoms with Crippen LogP contribution in [0.1, 0.15) is 32.8 Å². The summed E-state index contributed by atoms with van der Waals surface area (Å²) in [4.78, 5) is 0. The molecule has 1 aromatic carbocycles. The molecule has 0 spiro atoms. The molecule has 0 saturated heterocycles. The predicted molar refractivity (Wildman–Crippen MR) is 68.8 cm³/mol. The van der Waals surface area contributed by atoms with Crippen LogP contribution in [0.3, 0.4) is 0 Å². The second-order valence-corrected chi connectivity index (χ2v) is 5.05. The minimum Gasteiger partial charge on any atom is -0.493 e. The van der Waals surface area contributed by atoms with Crippen LogP contribution >= 0.6 is 0 Å². The normalized spacial score (nSPS) is 11.5. The van der Waals surface area contributed by atoms with Crippen molar-refractivity contribution in [2.45, 2.75) is 33.6 Å². The fraction of sp³-hybridized carbons (Fsp3) is 0.571. The van der Waals surface area contributed by atoms with E-state index in [1.165, 1.54) is 12.0 Å². The van der Waals surface area contributed by atoms with E-state index in [0.717, 1.165) is 12.2 Å². The molecule has 0 saturated carbocycles. The van der Waals surface area contributed by atoms with Gasteiger partial charge in [-0.3, -0.25) is 0 Å². The minimum absolute atomic E-state index is 0.0437. The lowest BCUT2D eigenvalue weighted by molar-refractivity contribution is 0.187. The van der Waals surface area contributed by atoms with Crippen molar-refractivity contribution < 1.29 is 4.74 Å². The summed E-state index contributed by atoms with van der Waals surface area (Å²) in [6.07, 6.45) is 2.31. The molecule has 2 N–H and O–H groups in total. The first kappa shape index (κ1) is 13.0. The van der Waals surface area contributed by atoms with E-state index in [9.17, 15) is 0 Å². The van der Waals surface area contributed by atoms with Crippen LogP contribution in [0.4, 0.5) is 0 Å². The van der Waals surface area contributed by atoms with Gasteiger partial charge in [0, 0.05) is 12.0 Å². The summed E-state index contributed by atoms with van der Waals surface area (Å²) in [6, 6.07) is 8.34. The second-order valence-electron chi connectivity index (χ2n) is 5.05. The number of ether oxygens (including phenoxy) is 1. The van der Waals surface area contributed by atoms with E-state index < -0.39 is 0 Å². The summed E-state index contributed by atoms with van der Waals surface area (Å²) in [5, 5.41) is 0. The Kier molecular flexibility index (Phi) is 4.81. The molecule has 0 radical (unpaired) electrons. The van der Waals surface area contributed by atoms with E-state index in [1.807, 2.05) is 12.1 Å². The first-order chi connectivity index (χ1) is 7.57. The van der Waals surface area contributed by atoms with Crippen molar-refractivity contribution in [1.82, 2.24) is 0 Å². The molecule has 0 unspecified atom stereocenters. The number of aryl methyl sites for hydroxylation is 1. The summed E-state index contributed by atoms with van der Waals surface area (Å²) in [5.41, 5.74) is 7.07. The van der Waals surface area contributed by atoms with Crippen LogP contribution in [-0.2, 0) is 6.42 Å². The summed E-state index contributed by atoms with van der Waals surface area (Å²) < 4.78 is 5.71. The van der Waals surface area contributed by atoms with E-state index >= 15 is 0 Å². The van der Waals surface area contributed by atoms with Crippen molar-refractivity contribution in [3.8, 4) is 5.75 Å². The van der Waals surface area contributed by atoms with Gasteiger partial charge in [-0.1, -0.05) is 39.3 Å². The zero-order valence-corrected chi connectivity index (χ0v) is 10.6. The van der Waals surface area contributed by atoms with Gasteiger partial charge in [-0.2, -0.15) is 0 Å². The van der Waals surface area contributed by atoms with Crippen molar-refractivity contribution in [2.24, 2.45) is 11.1 Å². The smallest absolute Gasteiger partial charge is 0.119 e. The molecular formula is C14H23NO. The Morgan fingerprint density at radius 3 is 2.31 bits per heavy atom. The van der Waals surface area contributed by atoms with Crippen molar-refractivity contribution in [2.75, 3.05) is 13.2 Å². The molecule has 0 aromatic heterocycles. The maximum Gasteiger partial charge on any atom is 0.119 e. The molecule has 0 amide bonds. The summed E-state index contributed by atoms with van der Waals surface area (Å²) in [7, 11) is 0. The third kappa shape index (κ3) is 4.23. The number of hydrogen-bond acceptors (Lipinski definition) is 2. The van der Waals surface area contributed by atoms with Crippen LogP contribution in [-0.4, -0.2) is 13.2 Å². The second kappa shape index (κ2) is 5.90. The number of nitrogens with two attached hydrogens (primary N) is 1. The lowest BCUT2D eigenvalue weighted by Gasteiger charge is -2.22. The van der Waals surface area contributed by atoms with Gasteiger partial charge in [0.25, 0.3) is 0 Å². The number of benzene rings is 1. The van der Waals surface area contributed by atoms with Crippen LogP contribution in [0, 0.1) is 5.41 Å². The van der Waals surface area contributed by atoms with Crippen molar-refractivity contribution in [3.63, 3.8) is 0 Å². The average Bonchev–Trinajstić information content (AvgIpc) is 2.29. The third-order valence-electron chi connectivity index (χ3n) is 2.64. The van der Waals surface area contributed by atoms with Crippen molar-refractivity contribution >= 4 is 0 Å². The van der Waals surface area contributed by atoms with Gasteiger partial charge in [0.1, 0.15) is 5.75 Å². The van der Waals surface area contributed by atoms with Gasteiger partial charge >= 0.3 is 0 Å². The van der Waals surface area contributed by atoms with Crippen LogP contribution < -0.4 is 10.5 Å². The highest BCUT2D eigenvalue weighted by Crippen LogP contribution is 2.18. The maximum atomic E-state index is 5.71. The Morgan fingerprint density at radius 2 is 1.81 bits per heavy atom. The van der Waals surface area contributed by atoms with Crippen LogP contribution in [0.5, 0.6) is 5.75 Å². The Bertz CT molecular complexity index is 303. The van der Waals surface area contributed by atoms with Gasteiger partial charge in [0.15, 0.2) is 0 Å². The molecule has 0 aliphatic rings. The van der Waals surface area contributed by atoms with Gasteiger partial charge in [-0.25, -0.2) is 0 Å². The van der Waals surface area contributed by atoms with E-state index in [4.69, 9.17) is 10.5 Å². The van der Waals surface area contributed by atoms with E-state index in [-0.39, 0.29) is 5.41 Å². The van der Waals surface area contributed by atoms with E-state index in [0.29, 0.717) is 13.2 Å². The molecule has 0 aliphatic carbocycles. The molecule has 0 aliphatic heterocycles. The highest BCUT2D eigenvalue weighted by molar-refractivity contribution is 5.27. The van der Waals surface area contributed by atoms with Crippen LogP contribution in [0.2, 0.25) is 0 Å². The summed E-state index contributed by atoms with van der Waals surface area (Å²) >= 11 is 0. The molecule has 90 valence electrons. The Labute approximate surface area is 98.8 Å². The molecule has 2 nitrogen and oxygen atoms in total. The van der Waals surface area contributed by atoms with E-state index in [1.54, 1.807) is 0 Å². The van der Waals surface area contributed by atoms with Gasteiger partial charge in [0.2, 0.25) is 0 Å². The topological polar surface area (TPSA) is 35.2 Å². The molecule has 0 bridgehead atoms. The Hall–Kier alpha value is -1.02. The highest BCUT2D eigenvalue weighted by atomic mass is 16.5. The zero-order chi connectivity index (χ0) is 12.0. The fourth-order valence-corrected chi connectivity index (χ4v) is 1.38. The van der Waals surface area contributed by atoms with Crippen LogP contribution in [0.25, 0.3) is 0 Å². The molecule has 1 rings (SSSR count). The lowest BCUT2D eigenvalue weighted by atomic mass is 9.95. The first-order valence-electron chi connectivity index (χ1n) is 5.99. The zero-order valence-electron chi connectivity index (χ0n) is 10.6. The van der Waals surface area contributed by atoms with Gasteiger partial charge in [0.05, 0.1) is 6.61 Å². The van der Waals surface area contributed by atoms with E-state index in [2.05, 4.69) is 32.9 Å². The number of rotatable bonds is 6. The molecule has 1 aromatic rings. The summed E-state index contributed by atoms with van der Waals surface area (Å²) in [6.45, 7) is 7.71. The van der Waals surface area contributed by atoms with Crippen molar-refractivity contribution in [1.29, 1.82) is 0 Å². The first-order valence-corrected chi connectivity index (χ1v) is 5.99. The predicted octanol–water partition coefficient (Wildman–Crippen LogP) is 3.00. The SMILES string of the molecule is CCCc1ccc(OCC(C)(C)CN)cc1. The van der Waals surface area contributed by atoms with Crippen molar-refractivity contribution in [3.05, 3.63) is 29.8 Å². The Morgan fingerprint density at radius 1 is 1.19 bits per heavy atom. The third-order valence-corrected chi connectivity index (χ3v) is 2.64. The lowest BCUT2D eigenvalue weighted by Crippen LogP contribution is -2.30. The monoisotopic (exact) mass is 221 g/mol. The maximum absolute atomic E-state index is 5.71. The molecule has 0 atom stereocenters. The van der Waals surface area contributed by atoms with Gasteiger partial charge < -0.3 is 10.5 Å². The fourth-order valence-electron chi connectivity index (χ4n) is 1.38. The quantitative estimate of drug-likeness (QED) is 0.801. The molecule has 2 heteroatoms. The number of hydrogen-bond donors (Lipinski definition) is 1. The average molecular weight is 221 g/mol. The molecule has 0 fully saturated rings.